The number of aromatic carboxylic acids is 1. The van der Waals surface area contributed by atoms with Crippen molar-refractivity contribution >= 4 is 12.1 Å². The Kier molecular flexibility index (Phi) is 3.73. The van der Waals surface area contributed by atoms with Crippen molar-refractivity contribution in [3.63, 3.8) is 0 Å². The van der Waals surface area contributed by atoms with E-state index in [1.165, 1.54) is 9.58 Å². The molecule has 22 heavy (non-hydrogen) atoms. The third-order valence-electron chi connectivity index (χ3n) is 3.32. The number of carbonyl (C=O) groups is 2. The molecule has 0 atom stereocenters. The maximum Gasteiger partial charge on any atom is 0.410 e. The van der Waals surface area contributed by atoms with Gasteiger partial charge >= 0.3 is 12.1 Å². The lowest BCUT2D eigenvalue weighted by atomic mass is 10.2. The van der Waals surface area contributed by atoms with Crippen molar-refractivity contribution < 1.29 is 19.4 Å². The molecule has 3 rings (SSSR count). The zero-order valence-corrected chi connectivity index (χ0v) is 11.7. The first-order valence-electron chi connectivity index (χ1n) is 6.76. The smallest absolute Gasteiger partial charge is 0.410 e. The maximum atomic E-state index is 12.1. The molecule has 0 bridgehead atoms. The number of carbonyl (C=O) groups excluding carboxylic acids is 1. The first kappa shape index (κ1) is 14.1. The Labute approximate surface area is 125 Å². The van der Waals surface area contributed by atoms with Crippen molar-refractivity contribution in [3.8, 4) is 0 Å². The molecule has 0 saturated heterocycles. The van der Waals surface area contributed by atoms with Crippen molar-refractivity contribution in [2.75, 3.05) is 6.54 Å². The highest BCUT2D eigenvalue weighted by atomic mass is 16.6. The van der Waals surface area contributed by atoms with E-state index in [4.69, 9.17) is 9.84 Å². The van der Waals surface area contributed by atoms with Crippen LogP contribution in [0.1, 0.15) is 22.0 Å². The van der Waals surface area contributed by atoms with Crippen LogP contribution in [0, 0.1) is 0 Å². The van der Waals surface area contributed by atoms with Crippen LogP contribution in [0.5, 0.6) is 0 Å². The second-order valence-electron chi connectivity index (χ2n) is 4.84. The van der Waals surface area contributed by atoms with Crippen LogP contribution in [0.2, 0.25) is 0 Å². The van der Waals surface area contributed by atoms with E-state index in [0.717, 1.165) is 5.56 Å². The normalized spacial score (nSPS) is 13.5. The average molecular weight is 302 g/mol. The maximum absolute atomic E-state index is 12.1. The van der Waals surface area contributed by atoms with E-state index in [-0.39, 0.29) is 19.0 Å². The second kappa shape index (κ2) is 5.84. The Morgan fingerprint density at radius 1 is 1.23 bits per heavy atom. The minimum atomic E-state index is -1.18. The van der Waals surface area contributed by atoms with Crippen LogP contribution in [0.3, 0.4) is 0 Å². The summed E-state index contributed by atoms with van der Waals surface area (Å²) in [7, 11) is 0. The van der Waals surface area contributed by atoms with Gasteiger partial charge in [-0.15, -0.1) is 5.10 Å². The van der Waals surface area contributed by atoms with Crippen molar-refractivity contribution in [1.82, 2.24) is 19.7 Å². The van der Waals surface area contributed by atoms with E-state index in [9.17, 15) is 9.59 Å². The van der Waals surface area contributed by atoms with Gasteiger partial charge in [-0.2, -0.15) is 0 Å². The van der Waals surface area contributed by atoms with Gasteiger partial charge in [0.2, 0.25) is 0 Å². The number of amides is 1. The van der Waals surface area contributed by atoms with Gasteiger partial charge in [-0.25, -0.2) is 19.3 Å². The number of carboxylic acid groups (broad SMARTS) is 1. The monoisotopic (exact) mass is 302 g/mol. The summed E-state index contributed by atoms with van der Waals surface area (Å²) < 4.78 is 6.75. The van der Waals surface area contributed by atoms with Crippen molar-refractivity contribution in [2.24, 2.45) is 0 Å². The summed E-state index contributed by atoms with van der Waals surface area (Å²) in [4.78, 5) is 28.3. The fourth-order valence-electron chi connectivity index (χ4n) is 2.19. The molecular weight excluding hydrogens is 288 g/mol. The van der Waals surface area contributed by atoms with Gasteiger partial charge < -0.3 is 9.84 Å². The van der Waals surface area contributed by atoms with E-state index in [1.807, 2.05) is 30.3 Å². The van der Waals surface area contributed by atoms with Crippen LogP contribution in [0.4, 0.5) is 4.79 Å². The Balaban J connectivity index is 1.61. The number of fused-ring (bicyclic) bond motifs is 1. The predicted octanol–water partition coefficient (Wildman–Crippen LogP) is 1.13. The molecule has 1 aromatic heterocycles. The van der Waals surface area contributed by atoms with Gasteiger partial charge in [0.15, 0.2) is 0 Å². The molecule has 114 valence electrons. The second-order valence-corrected chi connectivity index (χ2v) is 4.84. The van der Waals surface area contributed by atoms with Crippen molar-refractivity contribution in [2.45, 2.75) is 19.7 Å². The van der Waals surface area contributed by atoms with Gasteiger partial charge in [0.25, 0.3) is 5.82 Å². The first-order valence-corrected chi connectivity index (χ1v) is 6.76. The third kappa shape index (κ3) is 2.90. The molecule has 8 heteroatoms. The van der Waals surface area contributed by atoms with Crippen LogP contribution in [-0.2, 0) is 24.4 Å². The highest BCUT2D eigenvalue weighted by molar-refractivity contribution is 5.82. The predicted molar refractivity (Wildman–Crippen MR) is 74.0 cm³/mol. The van der Waals surface area contributed by atoms with Crippen LogP contribution in [0.15, 0.2) is 30.3 Å². The van der Waals surface area contributed by atoms with Gasteiger partial charge in [-0.1, -0.05) is 30.3 Å². The highest BCUT2D eigenvalue weighted by Gasteiger charge is 2.25. The summed E-state index contributed by atoms with van der Waals surface area (Å²) in [5.41, 5.74) is 0.907. The van der Waals surface area contributed by atoms with E-state index >= 15 is 0 Å². The summed E-state index contributed by atoms with van der Waals surface area (Å²) >= 11 is 0. The standard InChI is InChI=1S/C14H14N4O4/c19-13(20)12-15-11-8-17(6-7-18(11)16-12)14(21)22-9-10-4-2-1-3-5-10/h1-5H,6-9H2,(H,19,20). The summed E-state index contributed by atoms with van der Waals surface area (Å²) in [6, 6.07) is 9.39. The lowest BCUT2D eigenvalue weighted by Crippen LogP contribution is -2.39. The van der Waals surface area contributed by atoms with E-state index in [1.54, 1.807) is 0 Å². The van der Waals surface area contributed by atoms with Gasteiger partial charge in [-0.3, -0.25) is 4.90 Å². The molecule has 0 radical (unpaired) electrons. The molecule has 8 nitrogen and oxygen atoms in total. The number of nitrogens with zero attached hydrogens (tertiary/aromatic N) is 4. The van der Waals surface area contributed by atoms with Crippen LogP contribution >= 0.6 is 0 Å². The minimum absolute atomic E-state index is 0.188. The fourth-order valence-corrected chi connectivity index (χ4v) is 2.19. The molecule has 1 aliphatic rings. The average Bonchev–Trinajstić information content (AvgIpc) is 2.97. The Hall–Kier alpha value is -2.90. The largest absolute Gasteiger partial charge is 0.475 e. The number of benzene rings is 1. The van der Waals surface area contributed by atoms with Crippen molar-refractivity contribution in [3.05, 3.63) is 47.5 Å². The molecule has 1 aromatic carbocycles. The van der Waals surface area contributed by atoms with Gasteiger partial charge in [0.05, 0.1) is 13.1 Å². The molecule has 0 fully saturated rings. The number of carboxylic acids is 1. The zero-order valence-electron chi connectivity index (χ0n) is 11.7. The summed E-state index contributed by atoms with van der Waals surface area (Å²) in [5.74, 6) is -0.991. The lowest BCUT2D eigenvalue weighted by Gasteiger charge is -2.25. The van der Waals surface area contributed by atoms with Crippen LogP contribution in [0.25, 0.3) is 0 Å². The molecule has 2 heterocycles. The molecule has 0 saturated carbocycles. The molecule has 0 aliphatic carbocycles. The number of hydrogen-bond acceptors (Lipinski definition) is 5. The zero-order chi connectivity index (χ0) is 15.5. The Morgan fingerprint density at radius 3 is 2.73 bits per heavy atom. The molecule has 0 spiro atoms. The van der Waals surface area contributed by atoms with Gasteiger partial charge in [-0.05, 0) is 5.56 Å². The molecular formula is C14H14N4O4. The fraction of sp³-hybridized carbons (Fsp3) is 0.286. The van der Waals surface area contributed by atoms with Gasteiger partial charge in [0, 0.05) is 6.54 Å². The highest BCUT2D eigenvalue weighted by Crippen LogP contribution is 2.12. The number of aromatic nitrogens is 3. The summed E-state index contributed by atoms with van der Waals surface area (Å²) in [5, 5.41) is 12.7. The van der Waals surface area contributed by atoms with E-state index < -0.39 is 12.1 Å². The van der Waals surface area contributed by atoms with Gasteiger partial charge in [0.1, 0.15) is 12.4 Å². The molecule has 1 amide bonds. The number of rotatable bonds is 3. The molecule has 1 N–H and O–H groups in total. The summed E-state index contributed by atoms with van der Waals surface area (Å²) in [6.45, 7) is 1.19. The quantitative estimate of drug-likeness (QED) is 0.912. The van der Waals surface area contributed by atoms with E-state index in [0.29, 0.717) is 18.9 Å². The Bertz CT molecular complexity index is 698. The number of hydrogen-bond donors (Lipinski definition) is 1. The Morgan fingerprint density at radius 2 is 2.00 bits per heavy atom. The third-order valence-corrected chi connectivity index (χ3v) is 3.32. The topological polar surface area (TPSA) is 97.5 Å². The SMILES string of the molecule is O=C(O)c1nc2n(n1)CCN(C(=O)OCc1ccccc1)C2. The van der Waals surface area contributed by atoms with Crippen LogP contribution in [-0.4, -0.2) is 43.4 Å². The lowest BCUT2D eigenvalue weighted by molar-refractivity contribution is 0.0682. The molecule has 0 unspecified atom stereocenters. The first-order chi connectivity index (χ1) is 10.6. The molecule has 2 aromatic rings. The van der Waals surface area contributed by atoms with E-state index in [2.05, 4.69) is 10.1 Å². The summed E-state index contributed by atoms with van der Waals surface area (Å²) in [6.07, 6.45) is -0.449. The van der Waals surface area contributed by atoms with Crippen molar-refractivity contribution in [1.29, 1.82) is 0 Å². The number of ether oxygens (including phenoxy) is 1. The molecule has 1 aliphatic heterocycles. The minimum Gasteiger partial charge on any atom is -0.475 e. The van der Waals surface area contributed by atoms with Crippen LogP contribution < -0.4 is 0 Å².